The number of nitrogens with one attached hydrogen (secondary N) is 2. The summed E-state index contributed by atoms with van der Waals surface area (Å²) < 4.78 is 0. The monoisotopic (exact) mass is 360 g/mol. The number of aliphatic hydroxyl groups excluding tert-OH is 1. The van der Waals surface area contributed by atoms with Crippen LogP contribution >= 0.6 is 0 Å². The third-order valence-electron chi connectivity index (χ3n) is 5.26. The van der Waals surface area contributed by atoms with Crippen molar-refractivity contribution in [1.29, 1.82) is 5.41 Å². The number of carbonyl (C=O) groups is 1. The number of rotatable bonds is 6. The molecule has 4 heteroatoms. The van der Waals surface area contributed by atoms with Gasteiger partial charge in [0.25, 0.3) is 5.91 Å². The van der Waals surface area contributed by atoms with Crippen LogP contribution in [-0.2, 0) is 4.79 Å². The molecule has 1 amide bonds. The Balaban J connectivity index is 0.000000350. The first-order valence-corrected chi connectivity index (χ1v) is 9.96. The molecule has 0 heterocycles. The van der Waals surface area contributed by atoms with Gasteiger partial charge in [0.15, 0.2) is 0 Å². The van der Waals surface area contributed by atoms with E-state index in [1.165, 1.54) is 38.5 Å². The molecule has 146 valence electrons. The Kier molecular flexibility index (Phi) is 10.2. The van der Waals surface area contributed by atoms with Crippen LogP contribution in [0.4, 0.5) is 0 Å². The van der Waals surface area contributed by atoms with Crippen molar-refractivity contribution in [3.63, 3.8) is 0 Å². The van der Waals surface area contributed by atoms with Gasteiger partial charge in [0.1, 0.15) is 5.71 Å². The van der Waals surface area contributed by atoms with Gasteiger partial charge in [-0.2, -0.15) is 0 Å². The second kappa shape index (κ2) is 11.8. The minimum Gasteiger partial charge on any atom is -0.394 e. The highest BCUT2D eigenvalue weighted by atomic mass is 16.3. The number of benzene rings is 1. The van der Waals surface area contributed by atoms with E-state index >= 15 is 0 Å². The van der Waals surface area contributed by atoms with Gasteiger partial charge in [-0.25, -0.2) is 0 Å². The summed E-state index contributed by atoms with van der Waals surface area (Å²) in [6.07, 6.45) is 8.93. The largest absolute Gasteiger partial charge is 0.394 e. The van der Waals surface area contributed by atoms with Crippen LogP contribution < -0.4 is 5.32 Å². The number of hydrogen-bond donors (Lipinski definition) is 3. The second-order valence-electron chi connectivity index (χ2n) is 7.61. The lowest BCUT2D eigenvalue weighted by atomic mass is 9.88. The van der Waals surface area contributed by atoms with Crippen molar-refractivity contribution in [2.45, 2.75) is 72.3 Å². The van der Waals surface area contributed by atoms with E-state index < -0.39 is 5.91 Å². The van der Waals surface area contributed by atoms with Crippen LogP contribution in [0.3, 0.4) is 0 Å². The molecule has 26 heavy (non-hydrogen) atoms. The smallest absolute Gasteiger partial charge is 0.270 e. The van der Waals surface area contributed by atoms with Crippen LogP contribution in [-0.4, -0.2) is 29.4 Å². The van der Waals surface area contributed by atoms with Gasteiger partial charge in [-0.3, -0.25) is 10.2 Å². The maximum Gasteiger partial charge on any atom is 0.270 e. The lowest BCUT2D eigenvalue weighted by Gasteiger charge is -2.20. The van der Waals surface area contributed by atoms with Gasteiger partial charge in [-0.15, -0.1) is 0 Å². The summed E-state index contributed by atoms with van der Waals surface area (Å²) in [7, 11) is 0. The Hall–Kier alpha value is -1.68. The van der Waals surface area contributed by atoms with Gasteiger partial charge in [0, 0.05) is 5.56 Å². The Labute approximate surface area is 158 Å². The van der Waals surface area contributed by atoms with Crippen molar-refractivity contribution < 1.29 is 9.90 Å². The summed E-state index contributed by atoms with van der Waals surface area (Å²) in [5.74, 6) is 0.768. The molecule has 4 nitrogen and oxygen atoms in total. The van der Waals surface area contributed by atoms with E-state index in [-0.39, 0.29) is 24.3 Å². The molecular weight excluding hydrogens is 324 g/mol. The van der Waals surface area contributed by atoms with Crippen molar-refractivity contribution in [2.24, 2.45) is 11.8 Å². The second-order valence-corrected chi connectivity index (χ2v) is 7.61. The van der Waals surface area contributed by atoms with E-state index in [9.17, 15) is 4.79 Å². The van der Waals surface area contributed by atoms with E-state index in [4.69, 9.17) is 10.5 Å². The fourth-order valence-electron chi connectivity index (χ4n) is 3.23. The predicted octanol–water partition coefficient (Wildman–Crippen LogP) is 4.47. The Morgan fingerprint density at radius 2 is 1.85 bits per heavy atom. The first-order chi connectivity index (χ1) is 12.4. The molecule has 1 aromatic rings. The fourth-order valence-corrected chi connectivity index (χ4v) is 3.23. The number of aliphatic hydroxyl groups is 1. The van der Waals surface area contributed by atoms with E-state index in [1.54, 1.807) is 12.1 Å². The minimum absolute atomic E-state index is 0.0628. The van der Waals surface area contributed by atoms with E-state index in [1.807, 2.05) is 32.9 Å². The quantitative estimate of drug-likeness (QED) is 0.655. The normalized spacial score (nSPS) is 15.8. The maximum absolute atomic E-state index is 11.9. The molecule has 1 saturated carbocycles. The topological polar surface area (TPSA) is 73.2 Å². The molecule has 1 atom stereocenters. The lowest BCUT2D eigenvalue weighted by molar-refractivity contribution is -0.116. The number of aryl methyl sites for hydroxylation is 1. The van der Waals surface area contributed by atoms with Gasteiger partial charge in [-0.1, -0.05) is 83.6 Å². The van der Waals surface area contributed by atoms with Crippen molar-refractivity contribution in [2.75, 3.05) is 6.61 Å². The zero-order chi connectivity index (χ0) is 19.5. The highest BCUT2D eigenvalue weighted by Gasteiger charge is 2.19. The van der Waals surface area contributed by atoms with Crippen LogP contribution in [0.2, 0.25) is 0 Å². The van der Waals surface area contributed by atoms with Crippen molar-refractivity contribution in [1.82, 2.24) is 5.32 Å². The van der Waals surface area contributed by atoms with Gasteiger partial charge in [-0.05, 0) is 24.3 Å². The summed E-state index contributed by atoms with van der Waals surface area (Å²) in [6.45, 7) is 7.89. The van der Waals surface area contributed by atoms with Crippen LogP contribution in [0.25, 0.3) is 0 Å². The third-order valence-corrected chi connectivity index (χ3v) is 5.26. The zero-order valence-corrected chi connectivity index (χ0v) is 16.8. The zero-order valence-electron chi connectivity index (χ0n) is 16.8. The van der Waals surface area contributed by atoms with Gasteiger partial charge in [0.2, 0.25) is 0 Å². The molecule has 1 aromatic carbocycles. The summed E-state index contributed by atoms with van der Waals surface area (Å²) in [6, 6.07) is 6.97. The molecule has 0 saturated heterocycles. The first kappa shape index (κ1) is 22.4. The molecule has 0 radical (unpaired) electrons. The number of amides is 1. The van der Waals surface area contributed by atoms with Crippen LogP contribution in [0.1, 0.15) is 70.4 Å². The highest BCUT2D eigenvalue weighted by Crippen LogP contribution is 2.25. The van der Waals surface area contributed by atoms with E-state index in [0.717, 1.165) is 11.5 Å². The fraction of sp³-hybridized carbons (Fsp3) is 0.636. The molecule has 1 aliphatic rings. The van der Waals surface area contributed by atoms with Crippen LogP contribution in [0.5, 0.6) is 0 Å². The maximum atomic E-state index is 11.9. The van der Waals surface area contributed by atoms with E-state index in [0.29, 0.717) is 5.56 Å². The van der Waals surface area contributed by atoms with E-state index in [2.05, 4.69) is 12.2 Å². The average molecular weight is 361 g/mol. The third kappa shape index (κ3) is 7.28. The molecule has 1 unspecified atom stereocenters. The first-order valence-electron chi connectivity index (χ1n) is 9.96. The predicted molar refractivity (Wildman–Crippen MR) is 109 cm³/mol. The number of carbonyl (C=O) groups excluding carboxylic acids is 1. The summed E-state index contributed by atoms with van der Waals surface area (Å²) in [4.78, 5) is 11.9. The van der Waals surface area contributed by atoms with Crippen molar-refractivity contribution in [3.8, 4) is 0 Å². The molecule has 3 N–H and O–H groups in total. The van der Waals surface area contributed by atoms with Crippen LogP contribution in [0.15, 0.2) is 24.3 Å². The summed E-state index contributed by atoms with van der Waals surface area (Å²) in [5, 5.41) is 19.7. The molecule has 1 fully saturated rings. The summed E-state index contributed by atoms with van der Waals surface area (Å²) >= 11 is 0. The Bertz CT molecular complexity index is 563. The minimum atomic E-state index is -0.447. The molecule has 1 aliphatic carbocycles. The van der Waals surface area contributed by atoms with Crippen molar-refractivity contribution in [3.05, 3.63) is 35.4 Å². The van der Waals surface area contributed by atoms with Gasteiger partial charge < -0.3 is 10.4 Å². The Morgan fingerprint density at radius 1 is 1.23 bits per heavy atom. The lowest BCUT2D eigenvalue weighted by Crippen LogP contribution is -2.44. The molecule has 0 bridgehead atoms. The van der Waals surface area contributed by atoms with Gasteiger partial charge in [0.05, 0.1) is 12.6 Å². The standard InChI is InChI=1S/C14H20N2O2.C8H16/c1-9(2)12(8-17)16-14(18)13(15)11-7-5-4-6-10(11)3;1-2-8-6-4-3-5-7-8/h4-7,9,12,15,17H,8H2,1-3H3,(H,16,18);8H,2-7H2,1H3. The highest BCUT2D eigenvalue weighted by molar-refractivity contribution is 6.44. The SMILES string of the molecule is CCC1CCCCC1.Cc1ccccc1C(=N)C(=O)NC(CO)C(C)C. The van der Waals surface area contributed by atoms with Crippen LogP contribution in [0, 0.1) is 24.2 Å². The number of hydrogen-bond acceptors (Lipinski definition) is 3. The average Bonchev–Trinajstić information content (AvgIpc) is 2.66. The molecule has 0 aromatic heterocycles. The molecular formula is C22H36N2O2. The molecule has 0 aliphatic heterocycles. The van der Waals surface area contributed by atoms with Gasteiger partial charge >= 0.3 is 0 Å². The molecule has 2 rings (SSSR count). The summed E-state index contributed by atoms with van der Waals surface area (Å²) in [5.41, 5.74) is 1.45. The van der Waals surface area contributed by atoms with Crippen molar-refractivity contribution >= 4 is 11.6 Å². The Morgan fingerprint density at radius 3 is 2.31 bits per heavy atom. The molecule has 0 spiro atoms.